The van der Waals surface area contributed by atoms with Crippen molar-refractivity contribution in [2.45, 2.75) is 31.7 Å². The standard InChI is InChI=1S/C19H21FN4O2.2ClH/c20-13-7-8-15(24-19(26)16-6-1-2-9-22-16)17(11-13)23-18(25)10-12-4-3-5-14(12)21;;/h1-2,6-9,11-12,14H,3-5,10,21H2,(H,23,25)(H,24,26);2*1H/t12-,14+;;/m0../s1. The molecular formula is C19H23Cl2FN4O2. The minimum atomic E-state index is -0.506. The predicted octanol–water partition coefficient (Wildman–Crippen LogP) is 3.77. The van der Waals surface area contributed by atoms with Crippen molar-refractivity contribution < 1.29 is 14.0 Å². The zero-order valence-corrected chi connectivity index (χ0v) is 16.7. The Bertz CT molecular complexity index is 808. The third-order valence-corrected chi connectivity index (χ3v) is 4.57. The van der Waals surface area contributed by atoms with Gasteiger partial charge in [0.15, 0.2) is 0 Å². The van der Waals surface area contributed by atoms with E-state index in [1.807, 2.05) is 0 Å². The molecule has 0 spiro atoms. The highest BCUT2D eigenvalue weighted by atomic mass is 35.5. The molecule has 1 aromatic heterocycles. The van der Waals surface area contributed by atoms with E-state index < -0.39 is 11.7 Å². The highest BCUT2D eigenvalue weighted by Crippen LogP contribution is 2.28. The van der Waals surface area contributed by atoms with Crippen LogP contribution in [0.1, 0.15) is 36.2 Å². The molecule has 1 aliphatic rings. The molecule has 28 heavy (non-hydrogen) atoms. The first kappa shape index (κ1) is 23.8. The smallest absolute Gasteiger partial charge is 0.274 e. The molecule has 9 heteroatoms. The van der Waals surface area contributed by atoms with E-state index in [1.54, 1.807) is 18.2 Å². The molecule has 6 nitrogen and oxygen atoms in total. The normalized spacial score (nSPS) is 17.8. The quantitative estimate of drug-likeness (QED) is 0.674. The third kappa shape index (κ3) is 6.15. The second-order valence-electron chi connectivity index (χ2n) is 6.47. The Balaban J connectivity index is 0.00000196. The van der Waals surface area contributed by atoms with Crippen LogP contribution in [0.2, 0.25) is 0 Å². The molecule has 152 valence electrons. The second kappa shape index (κ2) is 10.9. The molecule has 0 saturated heterocycles. The molecule has 1 aromatic carbocycles. The van der Waals surface area contributed by atoms with E-state index in [4.69, 9.17) is 5.73 Å². The van der Waals surface area contributed by atoms with Crippen LogP contribution in [-0.4, -0.2) is 22.8 Å². The number of nitrogens with one attached hydrogen (secondary N) is 2. The molecule has 0 unspecified atom stereocenters. The third-order valence-electron chi connectivity index (χ3n) is 4.57. The van der Waals surface area contributed by atoms with Crippen LogP contribution in [0.15, 0.2) is 42.6 Å². The maximum atomic E-state index is 13.6. The van der Waals surface area contributed by atoms with E-state index in [1.165, 1.54) is 24.4 Å². The van der Waals surface area contributed by atoms with Crippen LogP contribution in [0.25, 0.3) is 0 Å². The molecule has 0 bridgehead atoms. The van der Waals surface area contributed by atoms with Gasteiger partial charge in [-0.05, 0) is 49.1 Å². The Kier molecular flexibility index (Phi) is 9.31. The van der Waals surface area contributed by atoms with Crippen LogP contribution in [0.3, 0.4) is 0 Å². The molecule has 2 atom stereocenters. The minimum Gasteiger partial charge on any atom is -0.327 e. The SMILES string of the molecule is Cl.Cl.N[C@@H]1CCC[C@H]1CC(=O)Nc1cc(F)ccc1NC(=O)c1ccccn1. The number of hydrogen-bond acceptors (Lipinski definition) is 4. The Labute approximate surface area is 175 Å². The number of benzene rings is 1. The fourth-order valence-electron chi connectivity index (χ4n) is 3.17. The lowest BCUT2D eigenvalue weighted by atomic mass is 10.00. The molecule has 1 fully saturated rings. The van der Waals surface area contributed by atoms with Crippen molar-refractivity contribution in [1.82, 2.24) is 4.98 Å². The van der Waals surface area contributed by atoms with Crippen molar-refractivity contribution in [3.63, 3.8) is 0 Å². The van der Waals surface area contributed by atoms with Crippen molar-refractivity contribution in [3.05, 3.63) is 54.1 Å². The number of amides is 2. The number of nitrogens with two attached hydrogens (primary N) is 1. The number of hydrogen-bond donors (Lipinski definition) is 3. The van der Waals surface area contributed by atoms with Crippen LogP contribution in [-0.2, 0) is 4.79 Å². The first-order valence-corrected chi connectivity index (χ1v) is 8.60. The number of aromatic nitrogens is 1. The number of nitrogens with zero attached hydrogens (tertiary/aromatic N) is 1. The van der Waals surface area contributed by atoms with Gasteiger partial charge in [0, 0.05) is 18.7 Å². The molecule has 3 rings (SSSR count). The zero-order chi connectivity index (χ0) is 18.5. The molecule has 2 aromatic rings. The highest BCUT2D eigenvalue weighted by Gasteiger charge is 2.26. The van der Waals surface area contributed by atoms with E-state index in [0.29, 0.717) is 5.69 Å². The molecule has 1 heterocycles. The van der Waals surface area contributed by atoms with E-state index in [0.717, 1.165) is 19.3 Å². The van der Waals surface area contributed by atoms with Crippen LogP contribution < -0.4 is 16.4 Å². The van der Waals surface area contributed by atoms with Gasteiger partial charge in [-0.25, -0.2) is 4.39 Å². The first-order chi connectivity index (χ1) is 12.5. The molecule has 0 radical (unpaired) electrons. The van der Waals surface area contributed by atoms with Gasteiger partial charge in [0.25, 0.3) is 5.91 Å². The Hall–Kier alpha value is -2.22. The molecule has 0 aliphatic heterocycles. The first-order valence-electron chi connectivity index (χ1n) is 8.60. The summed E-state index contributed by atoms with van der Waals surface area (Å²) in [5, 5.41) is 5.34. The van der Waals surface area contributed by atoms with Crippen molar-refractivity contribution in [2.24, 2.45) is 11.7 Å². The summed E-state index contributed by atoms with van der Waals surface area (Å²) in [5.74, 6) is -1.05. The van der Waals surface area contributed by atoms with Gasteiger partial charge < -0.3 is 16.4 Å². The topological polar surface area (TPSA) is 97.1 Å². The van der Waals surface area contributed by atoms with Crippen LogP contribution in [0, 0.1) is 11.7 Å². The molecule has 1 saturated carbocycles. The van der Waals surface area contributed by atoms with Crippen LogP contribution in [0.5, 0.6) is 0 Å². The number of carbonyl (C=O) groups is 2. The van der Waals surface area contributed by atoms with Crippen molar-refractivity contribution >= 4 is 48.0 Å². The zero-order valence-electron chi connectivity index (χ0n) is 15.1. The highest BCUT2D eigenvalue weighted by molar-refractivity contribution is 6.06. The summed E-state index contributed by atoms with van der Waals surface area (Å²) in [6.45, 7) is 0. The van der Waals surface area contributed by atoms with Crippen molar-refractivity contribution in [2.75, 3.05) is 10.6 Å². The van der Waals surface area contributed by atoms with Gasteiger partial charge >= 0.3 is 0 Å². The van der Waals surface area contributed by atoms with Crippen molar-refractivity contribution in [3.8, 4) is 0 Å². The minimum absolute atomic E-state index is 0. The lowest BCUT2D eigenvalue weighted by Crippen LogP contribution is -2.28. The van der Waals surface area contributed by atoms with Gasteiger partial charge in [-0.3, -0.25) is 14.6 Å². The van der Waals surface area contributed by atoms with E-state index in [-0.39, 0.29) is 60.5 Å². The number of pyridine rings is 1. The van der Waals surface area contributed by atoms with Gasteiger partial charge in [0.1, 0.15) is 11.5 Å². The predicted molar refractivity (Wildman–Crippen MR) is 112 cm³/mol. The largest absolute Gasteiger partial charge is 0.327 e. The molecule has 2 amide bonds. The second-order valence-corrected chi connectivity index (χ2v) is 6.47. The summed E-state index contributed by atoms with van der Waals surface area (Å²) >= 11 is 0. The Morgan fingerprint density at radius 3 is 2.54 bits per heavy atom. The van der Waals surface area contributed by atoms with Gasteiger partial charge in [0.2, 0.25) is 5.91 Å². The van der Waals surface area contributed by atoms with Crippen molar-refractivity contribution in [1.29, 1.82) is 0 Å². The van der Waals surface area contributed by atoms with Gasteiger partial charge in [-0.15, -0.1) is 24.8 Å². The lowest BCUT2D eigenvalue weighted by Gasteiger charge is -2.16. The summed E-state index contributed by atoms with van der Waals surface area (Å²) < 4.78 is 13.6. The van der Waals surface area contributed by atoms with E-state index in [2.05, 4.69) is 15.6 Å². The summed E-state index contributed by atoms with van der Waals surface area (Å²) in [4.78, 5) is 28.6. The van der Waals surface area contributed by atoms with Gasteiger partial charge in [-0.1, -0.05) is 12.5 Å². The lowest BCUT2D eigenvalue weighted by molar-refractivity contribution is -0.117. The van der Waals surface area contributed by atoms with E-state index in [9.17, 15) is 14.0 Å². The van der Waals surface area contributed by atoms with Gasteiger partial charge in [-0.2, -0.15) is 0 Å². The van der Waals surface area contributed by atoms with Crippen LogP contribution in [0.4, 0.5) is 15.8 Å². The Morgan fingerprint density at radius 2 is 1.89 bits per heavy atom. The number of anilines is 2. The average Bonchev–Trinajstić information content (AvgIpc) is 3.02. The summed E-state index contributed by atoms with van der Waals surface area (Å²) in [7, 11) is 0. The number of halogens is 3. The van der Waals surface area contributed by atoms with E-state index >= 15 is 0 Å². The van der Waals surface area contributed by atoms with Gasteiger partial charge in [0.05, 0.1) is 11.4 Å². The number of carbonyl (C=O) groups excluding carboxylic acids is 2. The maximum absolute atomic E-state index is 13.6. The summed E-state index contributed by atoms with van der Waals surface area (Å²) in [5.41, 5.74) is 6.75. The van der Waals surface area contributed by atoms with Crippen LogP contribution >= 0.6 is 24.8 Å². The average molecular weight is 429 g/mol. The number of rotatable bonds is 5. The fraction of sp³-hybridized carbons (Fsp3) is 0.316. The molecular weight excluding hydrogens is 406 g/mol. The maximum Gasteiger partial charge on any atom is 0.274 e. The summed E-state index contributed by atoms with van der Waals surface area (Å²) in [6, 6.07) is 8.80. The Morgan fingerprint density at radius 1 is 1.11 bits per heavy atom. The molecule has 1 aliphatic carbocycles. The fourth-order valence-corrected chi connectivity index (χ4v) is 3.17. The summed E-state index contributed by atoms with van der Waals surface area (Å²) in [6.07, 6.45) is 4.65. The monoisotopic (exact) mass is 428 g/mol. The molecule has 4 N–H and O–H groups in total.